The molecular formula is C12H17FN2. The maximum atomic E-state index is 13.4. The van der Waals surface area contributed by atoms with Crippen LogP contribution in [0.5, 0.6) is 0 Å². The Bertz CT molecular complexity index is 302. The molecule has 3 heteroatoms. The standard InChI is InChI=1S/C12H17FN2/c13-12-9-15(8-11(12)6-14)7-10-4-2-1-3-5-10/h1-5,11-12H,6-9,14H2/t11-,12-/m0/s1. The first kappa shape index (κ1) is 10.6. The number of hydrogen-bond acceptors (Lipinski definition) is 2. The van der Waals surface area contributed by atoms with Gasteiger partial charge in [0, 0.05) is 25.6 Å². The van der Waals surface area contributed by atoms with Gasteiger partial charge in [-0.25, -0.2) is 4.39 Å². The summed E-state index contributed by atoms with van der Waals surface area (Å²) < 4.78 is 13.4. The molecule has 1 aromatic carbocycles. The van der Waals surface area contributed by atoms with Gasteiger partial charge >= 0.3 is 0 Å². The van der Waals surface area contributed by atoms with Gasteiger partial charge in [-0.1, -0.05) is 30.3 Å². The van der Waals surface area contributed by atoms with E-state index in [9.17, 15) is 4.39 Å². The lowest BCUT2D eigenvalue weighted by Crippen LogP contribution is -2.23. The summed E-state index contributed by atoms with van der Waals surface area (Å²) in [5, 5.41) is 0. The molecule has 1 saturated heterocycles. The van der Waals surface area contributed by atoms with Crippen molar-refractivity contribution in [3.8, 4) is 0 Å². The third-order valence-corrected chi connectivity index (χ3v) is 2.99. The van der Waals surface area contributed by atoms with E-state index in [0.717, 1.165) is 13.1 Å². The highest BCUT2D eigenvalue weighted by molar-refractivity contribution is 5.14. The van der Waals surface area contributed by atoms with Gasteiger partial charge in [-0.3, -0.25) is 4.90 Å². The summed E-state index contributed by atoms with van der Waals surface area (Å²) in [7, 11) is 0. The molecule has 15 heavy (non-hydrogen) atoms. The summed E-state index contributed by atoms with van der Waals surface area (Å²) in [6.45, 7) is 2.59. The third kappa shape index (κ3) is 2.55. The van der Waals surface area contributed by atoms with Crippen LogP contribution in [-0.4, -0.2) is 30.7 Å². The molecule has 0 radical (unpaired) electrons. The van der Waals surface area contributed by atoms with Gasteiger partial charge in [0.15, 0.2) is 0 Å². The van der Waals surface area contributed by atoms with E-state index in [1.807, 2.05) is 18.2 Å². The summed E-state index contributed by atoms with van der Waals surface area (Å²) in [6, 6.07) is 10.2. The van der Waals surface area contributed by atoms with Crippen molar-refractivity contribution in [2.75, 3.05) is 19.6 Å². The lowest BCUT2D eigenvalue weighted by atomic mass is 10.1. The summed E-state index contributed by atoms with van der Waals surface area (Å²) >= 11 is 0. The first-order valence-corrected chi connectivity index (χ1v) is 5.40. The van der Waals surface area contributed by atoms with E-state index in [1.54, 1.807) is 0 Å². The Hall–Kier alpha value is -0.930. The summed E-state index contributed by atoms with van der Waals surface area (Å²) in [6.07, 6.45) is -0.751. The summed E-state index contributed by atoms with van der Waals surface area (Å²) in [5.74, 6) is 0.0220. The van der Waals surface area contributed by atoms with Crippen LogP contribution in [-0.2, 0) is 6.54 Å². The Morgan fingerprint density at radius 2 is 2.00 bits per heavy atom. The Kier molecular flexibility index (Phi) is 3.34. The molecular weight excluding hydrogens is 191 g/mol. The fraction of sp³-hybridized carbons (Fsp3) is 0.500. The molecule has 0 unspecified atom stereocenters. The highest BCUT2D eigenvalue weighted by atomic mass is 19.1. The van der Waals surface area contributed by atoms with E-state index >= 15 is 0 Å². The zero-order valence-electron chi connectivity index (χ0n) is 8.77. The molecule has 1 heterocycles. The normalized spacial score (nSPS) is 27.1. The molecule has 1 aliphatic rings. The molecule has 82 valence electrons. The zero-order valence-corrected chi connectivity index (χ0v) is 8.77. The summed E-state index contributed by atoms with van der Waals surface area (Å²) in [4.78, 5) is 2.14. The van der Waals surface area contributed by atoms with Gasteiger partial charge in [0.1, 0.15) is 6.17 Å². The van der Waals surface area contributed by atoms with E-state index in [0.29, 0.717) is 13.1 Å². The second-order valence-electron chi connectivity index (χ2n) is 4.19. The number of hydrogen-bond donors (Lipinski definition) is 1. The minimum absolute atomic E-state index is 0.0220. The number of nitrogens with zero attached hydrogens (tertiary/aromatic N) is 1. The lowest BCUT2D eigenvalue weighted by molar-refractivity contribution is 0.271. The molecule has 2 rings (SSSR count). The average molecular weight is 208 g/mol. The molecule has 0 amide bonds. The molecule has 0 spiro atoms. The van der Waals surface area contributed by atoms with Crippen LogP contribution in [0.25, 0.3) is 0 Å². The van der Waals surface area contributed by atoms with Gasteiger partial charge in [-0.15, -0.1) is 0 Å². The minimum atomic E-state index is -0.751. The quantitative estimate of drug-likeness (QED) is 0.814. The average Bonchev–Trinajstić information content (AvgIpc) is 2.60. The zero-order chi connectivity index (χ0) is 10.7. The Balaban J connectivity index is 1.92. The number of likely N-dealkylation sites (tertiary alicyclic amines) is 1. The minimum Gasteiger partial charge on any atom is -0.330 e. The predicted molar refractivity (Wildman–Crippen MR) is 59.2 cm³/mol. The van der Waals surface area contributed by atoms with Crippen LogP contribution in [0.4, 0.5) is 4.39 Å². The first-order chi connectivity index (χ1) is 7.29. The highest BCUT2D eigenvalue weighted by Crippen LogP contribution is 2.20. The van der Waals surface area contributed by atoms with E-state index < -0.39 is 6.17 Å². The summed E-state index contributed by atoms with van der Waals surface area (Å²) in [5.41, 5.74) is 6.75. The van der Waals surface area contributed by atoms with Crippen molar-refractivity contribution in [2.45, 2.75) is 12.7 Å². The van der Waals surface area contributed by atoms with Crippen molar-refractivity contribution in [2.24, 2.45) is 11.7 Å². The van der Waals surface area contributed by atoms with Gasteiger partial charge in [0.25, 0.3) is 0 Å². The van der Waals surface area contributed by atoms with Crippen molar-refractivity contribution in [3.05, 3.63) is 35.9 Å². The molecule has 1 fully saturated rings. The van der Waals surface area contributed by atoms with E-state index in [2.05, 4.69) is 17.0 Å². The van der Waals surface area contributed by atoms with Gasteiger partial charge in [-0.2, -0.15) is 0 Å². The smallest absolute Gasteiger partial charge is 0.118 e. The Morgan fingerprint density at radius 3 is 2.60 bits per heavy atom. The van der Waals surface area contributed by atoms with Gasteiger partial charge in [0.05, 0.1) is 0 Å². The topological polar surface area (TPSA) is 29.3 Å². The molecule has 0 aliphatic carbocycles. The van der Waals surface area contributed by atoms with Crippen molar-refractivity contribution in [1.82, 2.24) is 4.90 Å². The number of benzene rings is 1. The molecule has 2 nitrogen and oxygen atoms in total. The molecule has 1 aromatic rings. The van der Waals surface area contributed by atoms with Gasteiger partial charge < -0.3 is 5.73 Å². The van der Waals surface area contributed by atoms with Crippen LogP contribution in [0.15, 0.2) is 30.3 Å². The number of rotatable bonds is 3. The lowest BCUT2D eigenvalue weighted by Gasteiger charge is -2.14. The van der Waals surface area contributed by atoms with Gasteiger partial charge in [-0.05, 0) is 12.1 Å². The van der Waals surface area contributed by atoms with Crippen LogP contribution >= 0.6 is 0 Å². The molecule has 0 aromatic heterocycles. The number of nitrogens with two attached hydrogens (primary N) is 1. The Labute approximate surface area is 89.9 Å². The van der Waals surface area contributed by atoms with Crippen molar-refractivity contribution in [1.29, 1.82) is 0 Å². The van der Waals surface area contributed by atoms with Crippen LogP contribution in [0.1, 0.15) is 5.56 Å². The fourth-order valence-corrected chi connectivity index (χ4v) is 2.11. The van der Waals surface area contributed by atoms with Crippen LogP contribution < -0.4 is 5.73 Å². The molecule has 2 atom stereocenters. The van der Waals surface area contributed by atoms with E-state index in [1.165, 1.54) is 5.56 Å². The molecule has 1 aliphatic heterocycles. The second-order valence-corrected chi connectivity index (χ2v) is 4.19. The van der Waals surface area contributed by atoms with Crippen molar-refractivity contribution >= 4 is 0 Å². The molecule has 2 N–H and O–H groups in total. The largest absolute Gasteiger partial charge is 0.330 e. The van der Waals surface area contributed by atoms with Crippen molar-refractivity contribution < 1.29 is 4.39 Å². The predicted octanol–water partition coefficient (Wildman–Crippen LogP) is 1.42. The number of alkyl halides is 1. The highest BCUT2D eigenvalue weighted by Gasteiger charge is 2.31. The van der Waals surface area contributed by atoms with Crippen LogP contribution in [0.3, 0.4) is 0 Å². The third-order valence-electron chi connectivity index (χ3n) is 2.99. The SMILES string of the molecule is NC[C@H]1CN(Cc2ccccc2)C[C@@H]1F. The van der Waals surface area contributed by atoms with E-state index in [4.69, 9.17) is 5.73 Å². The number of halogens is 1. The van der Waals surface area contributed by atoms with Crippen LogP contribution in [0.2, 0.25) is 0 Å². The Morgan fingerprint density at radius 1 is 1.27 bits per heavy atom. The maximum absolute atomic E-state index is 13.4. The fourth-order valence-electron chi connectivity index (χ4n) is 2.11. The van der Waals surface area contributed by atoms with E-state index in [-0.39, 0.29) is 5.92 Å². The second kappa shape index (κ2) is 4.73. The van der Waals surface area contributed by atoms with Crippen molar-refractivity contribution in [3.63, 3.8) is 0 Å². The van der Waals surface area contributed by atoms with Gasteiger partial charge in [0.2, 0.25) is 0 Å². The first-order valence-electron chi connectivity index (χ1n) is 5.40. The van der Waals surface area contributed by atoms with Crippen LogP contribution in [0, 0.1) is 5.92 Å². The monoisotopic (exact) mass is 208 g/mol. The molecule has 0 saturated carbocycles. The molecule has 0 bridgehead atoms. The maximum Gasteiger partial charge on any atom is 0.118 e.